The minimum atomic E-state index is -11.1. The Morgan fingerprint density at radius 3 is 1.69 bits per heavy atom. The number of rotatable bonds is 3. The van der Waals surface area contributed by atoms with E-state index in [4.69, 9.17) is 0 Å². The number of nitrogens with zero attached hydrogens (tertiary/aromatic N) is 2. The molecule has 0 amide bonds. The Balaban J connectivity index is 2.69. The van der Waals surface area contributed by atoms with Gasteiger partial charge in [-0.2, -0.15) is 0 Å². The van der Waals surface area contributed by atoms with E-state index in [9.17, 15) is 42.1 Å². The summed E-state index contributed by atoms with van der Waals surface area (Å²) in [5.41, 5.74) is -2.78. The molecule has 0 fully saturated rings. The summed E-state index contributed by atoms with van der Waals surface area (Å²) in [6.45, 7) is 5.06. The molecule has 0 saturated carbocycles. The molecule has 0 aromatic heterocycles. The van der Waals surface area contributed by atoms with E-state index in [2.05, 4.69) is 10.2 Å². The van der Waals surface area contributed by atoms with Crippen LogP contribution in [-0.2, 0) is 5.41 Å². The van der Waals surface area contributed by atoms with E-state index in [-0.39, 0.29) is 0 Å². The van der Waals surface area contributed by atoms with Crippen LogP contribution in [0.25, 0.3) is 0 Å². The van der Waals surface area contributed by atoms with E-state index in [1.54, 1.807) is 20.8 Å². The van der Waals surface area contributed by atoms with Crippen molar-refractivity contribution in [3.8, 4) is 5.75 Å². The van der Waals surface area contributed by atoms with Crippen molar-refractivity contribution in [2.24, 2.45) is 10.2 Å². The molecule has 0 aliphatic carbocycles. The van der Waals surface area contributed by atoms with Crippen molar-refractivity contribution in [2.45, 2.75) is 31.1 Å². The van der Waals surface area contributed by atoms with Crippen LogP contribution in [0.5, 0.6) is 5.75 Å². The number of aromatic hydroxyl groups is 1. The molecule has 2 aromatic carbocycles. The van der Waals surface area contributed by atoms with Gasteiger partial charge in [0.25, 0.3) is 0 Å². The van der Waals surface area contributed by atoms with E-state index in [1.807, 2.05) is 0 Å². The second-order valence-electron chi connectivity index (χ2n) is 7.03. The lowest BCUT2D eigenvalue weighted by atomic mass is 9.86. The van der Waals surface area contributed by atoms with Crippen molar-refractivity contribution in [3.63, 3.8) is 0 Å². The smallest absolute Gasteiger partial charge is 0.316 e. The molecule has 162 valence electrons. The third-order valence-electron chi connectivity index (χ3n) is 3.67. The largest absolute Gasteiger partial charge is 0.505 e. The summed E-state index contributed by atoms with van der Waals surface area (Å²) >= 11 is 0. The zero-order valence-corrected chi connectivity index (χ0v) is 15.7. The van der Waals surface area contributed by atoms with Crippen LogP contribution in [0.4, 0.5) is 48.4 Å². The molecule has 2 rings (SSSR count). The van der Waals surface area contributed by atoms with Gasteiger partial charge in [-0.25, -0.2) is 17.6 Å². The fraction of sp³-hybridized carbons (Fsp3) is 0.250. The zero-order valence-electron chi connectivity index (χ0n) is 14.9. The monoisotopic (exact) mass is 452 g/mol. The third kappa shape index (κ3) is 4.43. The minimum absolute atomic E-state index is 0.295. The fourth-order valence-electron chi connectivity index (χ4n) is 2.35. The molecule has 0 bridgehead atoms. The quantitative estimate of drug-likeness (QED) is 0.284. The summed E-state index contributed by atoms with van der Waals surface area (Å²) < 4.78 is 118. The first-order valence-electron chi connectivity index (χ1n) is 7.60. The van der Waals surface area contributed by atoms with Gasteiger partial charge in [-0.05, 0) is 11.5 Å². The second kappa shape index (κ2) is 6.03. The van der Waals surface area contributed by atoms with Gasteiger partial charge in [0.05, 0.1) is 0 Å². The van der Waals surface area contributed by atoms with Crippen LogP contribution < -0.4 is 0 Å². The predicted molar refractivity (Wildman–Crippen MR) is 88.7 cm³/mol. The Bertz CT molecular complexity index is 999. The number of hydrogen-bond acceptors (Lipinski definition) is 3. The lowest BCUT2D eigenvalue weighted by Crippen LogP contribution is -2.14. The first kappa shape index (κ1) is 22.8. The SMILES string of the molecule is CC(C)(C)c1cccc(N=Nc2c(F)c(F)c(S(F)(F)(F)(F)F)c(F)c2F)c1O. The van der Waals surface area contributed by atoms with Crippen LogP contribution in [0.1, 0.15) is 26.3 Å². The topological polar surface area (TPSA) is 45.0 Å². The number of phenolic OH excluding ortho intramolecular Hbond substituents is 1. The number of hydrogen-bond donors (Lipinski definition) is 1. The summed E-state index contributed by atoms with van der Waals surface area (Å²) in [5.74, 6) is -12.9. The molecule has 0 aliphatic rings. The standard InChI is InChI=1S/C16H13F9N2OS/c1-16(2,3)7-5-4-6-8(14(7)28)26-27-13-9(17)11(19)15(12(20)10(13)18)29(21,22,23,24)25/h4-6,28H,1-3H3. The van der Waals surface area contributed by atoms with E-state index in [0.29, 0.717) is 5.56 Å². The van der Waals surface area contributed by atoms with Crippen LogP contribution in [0.2, 0.25) is 0 Å². The average Bonchev–Trinajstić information content (AvgIpc) is 2.50. The molecule has 0 unspecified atom stereocenters. The molecule has 0 spiro atoms. The number of para-hydroxylation sites is 1. The first-order chi connectivity index (χ1) is 12.8. The molecule has 0 atom stereocenters. The van der Waals surface area contributed by atoms with Gasteiger partial charge in [0.1, 0.15) is 11.4 Å². The molecule has 29 heavy (non-hydrogen) atoms. The van der Waals surface area contributed by atoms with E-state index in [0.717, 1.165) is 6.07 Å². The van der Waals surface area contributed by atoms with E-state index in [1.165, 1.54) is 12.1 Å². The maximum absolute atomic E-state index is 13.8. The van der Waals surface area contributed by atoms with Crippen LogP contribution in [0.3, 0.4) is 0 Å². The maximum atomic E-state index is 13.8. The minimum Gasteiger partial charge on any atom is -0.505 e. The van der Waals surface area contributed by atoms with Gasteiger partial charge in [0, 0.05) is 5.56 Å². The number of halogens is 9. The Kier molecular flexibility index (Phi) is 4.75. The van der Waals surface area contributed by atoms with Crippen molar-refractivity contribution in [1.29, 1.82) is 0 Å². The molecule has 0 heterocycles. The van der Waals surface area contributed by atoms with Gasteiger partial charge in [0.15, 0.2) is 33.9 Å². The lowest BCUT2D eigenvalue weighted by Gasteiger charge is -2.40. The van der Waals surface area contributed by atoms with Crippen molar-refractivity contribution in [3.05, 3.63) is 47.0 Å². The molecule has 2 aromatic rings. The third-order valence-corrected chi connectivity index (χ3v) is 4.80. The van der Waals surface area contributed by atoms with Crippen LogP contribution in [-0.4, -0.2) is 5.11 Å². The molecular weight excluding hydrogens is 439 g/mol. The van der Waals surface area contributed by atoms with E-state index >= 15 is 0 Å². The highest BCUT2D eigenvalue weighted by Gasteiger charge is 2.70. The van der Waals surface area contributed by atoms with Gasteiger partial charge < -0.3 is 5.11 Å². The van der Waals surface area contributed by atoms with Crippen LogP contribution >= 0.6 is 10.2 Å². The molecule has 0 aliphatic heterocycles. The zero-order chi connectivity index (χ0) is 22.6. The Labute approximate surface area is 158 Å². The van der Waals surface area contributed by atoms with Gasteiger partial charge >= 0.3 is 10.2 Å². The van der Waals surface area contributed by atoms with E-state index < -0.39 is 60.9 Å². The molecule has 1 N–H and O–H groups in total. The summed E-state index contributed by atoms with van der Waals surface area (Å²) in [6, 6.07) is 3.90. The highest BCUT2D eigenvalue weighted by atomic mass is 32.5. The van der Waals surface area contributed by atoms with Gasteiger partial charge in [-0.1, -0.05) is 52.3 Å². The average molecular weight is 452 g/mol. The Hall–Kier alpha value is -2.44. The number of benzene rings is 2. The van der Waals surface area contributed by atoms with Gasteiger partial charge in [-0.15, -0.1) is 10.2 Å². The summed E-state index contributed by atoms with van der Waals surface area (Å²) in [4.78, 5) is -3.95. The van der Waals surface area contributed by atoms with Crippen LogP contribution in [0, 0.1) is 23.3 Å². The summed E-state index contributed by atoms with van der Waals surface area (Å²) in [5, 5.41) is 16.1. The predicted octanol–water partition coefficient (Wildman–Crippen LogP) is 8.32. The molecular formula is C16H13F9N2OS. The highest BCUT2D eigenvalue weighted by molar-refractivity contribution is 8.45. The second-order valence-corrected chi connectivity index (χ2v) is 9.37. The highest BCUT2D eigenvalue weighted by Crippen LogP contribution is 3.02. The summed E-state index contributed by atoms with van der Waals surface area (Å²) in [7, 11) is -11.1. The first-order valence-corrected chi connectivity index (χ1v) is 9.55. The molecule has 0 saturated heterocycles. The molecule has 3 nitrogen and oxygen atoms in total. The Morgan fingerprint density at radius 1 is 0.793 bits per heavy atom. The van der Waals surface area contributed by atoms with Crippen molar-refractivity contribution >= 4 is 21.6 Å². The van der Waals surface area contributed by atoms with Crippen molar-refractivity contribution in [2.75, 3.05) is 0 Å². The molecule has 0 radical (unpaired) electrons. The van der Waals surface area contributed by atoms with Gasteiger partial charge in [-0.3, -0.25) is 0 Å². The summed E-state index contributed by atoms with van der Waals surface area (Å²) in [6.07, 6.45) is 0. The van der Waals surface area contributed by atoms with Crippen molar-refractivity contribution in [1.82, 2.24) is 0 Å². The maximum Gasteiger partial charge on any atom is 0.316 e. The lowest BCUT2D eigenvalue weighted by molar-refractivity contribution is 0.330. The normalized spacial score (nSPS) is 15.4. The molecule has 13 heteroatoms. The Morgan fingerprint density at radius 2 is 1.28 bits per heavy atom. The van der Waals surface area contributed by atoms with Gasteiger partial charge in [0.2, 0.25) is 0 Å². The number of phenols is 1. The number of azo groups is 1. The van der Waals surface area contributed by atoms with Crippen LogP contribution in [0.15, 0.2) is 33.3 Å². The van der Waals surface area contributed by atoms with Crippen molar-refractivity contribution < 1.29 is 42.1 Å². The fourth-order valence-corrected chi connectivity index (χ4v) is 3.20.